The summed E-state index contributed by atoms with van der Waals surface area (Å²) in [5, 5.41) is 3.62. The van der Waals surface area contributed by atoms with E-state index >= 15 is 0 Å². The Kier molecular flexibility index (Phi) is 4.66. The van der Waals surface area contributed by atoms with Gasteiger partial charge in [-0.3, -0.25) is 4.79 Å². The lowest BCUT2D eigenvalue weighted by Gasteiger charge is -2.14. The summed E-state index contributed by atoms with van der Waals surface area (Å²) < 4.78 is 5.28. The van der Waals surface area contributed by atoms with Crippen LogP contribution in [-0.4, -0.2) is 23.0 Å². The molecule has 0 bridgehead atoms. The van der Waals surface area contributed by atoms with Crippen molar-refractivity contribution >= 4 is 28.9 Å². The van der Waals surface area contributed by atoms with E-state index in [2.05, 4.69) is 16.4 Å². The molecule has 2 aromatic rings. The predicted molar refractivity (Wildman–Crippen MR) is 93.6 cm³/mol. The zero-order valence-electron chi connectivity index (χ0n) is 14.0. The summed E-state index contributed by atoms with van der Waals surface area (Å²) in [7, 11) is 0. The number of aryl methyl sites for hydroxylation is 4. The summed E-state index contributed by atoms with van der Waals surface area (Å²) in [6.45, 7) is 5.16. The molecule has 1 aliphatic carbocycles. The van der Waals surface area contributed by atoms with Gasteiger partial charge in [0, 0.05) is 5.69 Å². The number of carbonyl (C=O) groups is 2. The highest BCUT2D eigenvalue weighted by Gasteiger charge is 2.22. The maximum Gasteiger partial charge on any atom is 0.351 e. The molecule has 1 heterocycles. The monoisotopic (exact) mass is 344 g/mol. The Morgan fingerprint density at radius 3 is 2.71 bits per heavy atom. The Hall–Kier alpha value is -2.21. The summed E-state index contributed by atoms with van der Waals surface area (Å²) in [5.41, 5.74) is 4.01. The van der Waals surface area contributed by atoms with Crippen molar-refractivity contribution in [2.45, 2.75) is 46.1 Å². The van der Waals surface area contributed by atoms with E-state index in [1.54, 1.807) is 13.8 Å². The number of ether oxygens (including phenoxy) is 1. The molecule has 1 N–H and O–H groups in total. The molecule has 126 valence electrons. The minimum absolute atomic E-state index is 0.333. The first-order chi connectivity index (χ1) is 11.4. The number of nitrogens with one attached hydrogen (secondary N) is 1. The maximum atomic E-state index is 12.3. The molecule has 24 heavy (non-hydrogen) atoms. The van der Waals surface area contributed by atoms with E-state index in [0.29, 0.717) is 10.6 Å². The van der Waals surface area contributed by atoms with Crippen LogP contribution < -0.4 is 5.32 Å². The molecular formula is C18H20N2O3S. The van der Waals surface area contributed by atoms with Crippen LogP contribution in [0, 0.1) is 13.8 Å². The minimum atomic E-state index is -0.868. The van der Waals surface area contributed by atoms with Crippen LogP contribution in [0.5, 0.6) is 0 Å². The Bertz CT molecular complexity index is 798. The van der Waals surface area contributed by atoms with E-state index in [1.807, 2.05) is 19.1 Å². The second-order valence-corrected chi connectivity index (χ2v) is 7.22. The van der Waals surface area contributed by atoms with Gasteiger partial charge in [-0.1, -0.05) is 6.07 Å². The van der Waals surface area contributed by atoms with Crippen molar-refractivity contribution in [3.63, 3.8) is 0 Å². The number of anilines is 1. The summed E-state index contributed by atoms with van der Waals surface area (Å²) >= 11 is 1.28. The summed E-state index contributed by atoms with van der Waals surface area (Å²) in [5.74, 6) is -0.838. The van der Waals surface area contributed by atoms with Crippen LogP contribution in [0.4, 0.5) is 5.69 Å². The molecule has 0 saturated heterocycles. The van der Waals surface area contributed by atoms with Crippen molar-refractivity contribution in [3.8, 4) is 0 Å². The SMILES string of the molecule is Cc1nc(C)c(C(=O)O[C@H](C)C(=O)Nc2ccc3c(c2)CCC3)s1. The number of amides is 1. The fourth-order valence-electron chi connectivity index (χ4n) is 2.88. The number of fused-ring (bicyclic) bond motifs is 1. The van der Waals surface area contributed by atoms with Gasteiger partial charge in [0.2, 0.25) is 0 Å². The van der Waals surface area contributed by atoms with Crippen molar-refractivity contribution in [1.82, 2.24) is 4.98 Å². The van der Waals surface area contributed by atoms with Crippen LogP contribution in [0.1, 0.15) is 44.8 Å². The van der Waals surface area contributed by atoms with E-state index in [0.717, 1.165) is 30.0 Å². The third kappa shape index (κ3) is 3.48. The van der Waals surface area contributed by atoms with Crippen molar-refractivity contribution < 1.29 is 14.3 Å². The molecular weight excluding hydrogens is 324 g/mol. The highest BCUT2D eigenvalue weighted by atomic mass is 32.1. The second kappa shape index (κ2) is 6.73. The molecule has 1 atom stereocenters. The normalized spacial score (nSPS) is 14.1. The minimum Gasteiger partial charge on any atom is -0.448 e. The predicted octanol–water partition coefficient (Wildman–Crippen LogP) is 3.43. The van der Waals surface area contributed by atoms with Crippen LogP contribution in [0.3, 0.4) is 0 Å². The first-order valence-corrected chi connectivity index (χ1v) is 8.83. The quantitative estimate of drug-likeness (QED) is 0.863. The highest BCUT2D eigenvalue weighted by molar-refractivity contribution is 7.13. The number of thiazole rings is 1. The lowest BCUT2D eigenvalue weighted by atomic mass is 10.1. The lowest BCUT2D eigenvalue weighted by Crippen LogP contribution is -2.30. The van der Waals surface area contributed by atoms with Gasteiger partial charge in [-0.2, -0.15) is 0 Å². The fourth-order valence-corrected chi connectivity index (χ4v) is 3.68. The van der Waals surface area contributed by atoms with Crippen LogP contribution >= 0.6 is 11.3 Å². The van der Waals surface area contributed by atoms with E-state index in [-0.39, 0.29) is 5.91 Å². The van der Waals surface area contributed by atoms with Crippen LogP contribution in [0.15, 0.2) is 18.2 Å². The molecule has 0 spiro atoms. The van der Waals surface area contributed by atoms with Gasteiger partial charge >= 0.3 is 5.97 Å². The van der Waals surface area contributed by atoms with Gasteiger partial charge in [-0.15, -0.1) is 11.3 Å². The molecule has 0 fully saturated rings. The smallest absolute Gasteiger partial charge is 0.351 e. The first kappa shape index (κ1) is 16.6. The molecule has 0 saturated carbocycles. The summed E-state index contributed by atoms with van der Waals surface area (Å²) in [4.78, 5) is 29.1. The standard InChI is InChI=1S/C18H20N2O3S/c1-10-16(24-12(3)19-10)18(22)23-11(2)17(21)20-15-8-7-13-5-4-6-14(13)9-15/h7-9,11H,4-6H2,1-3H3,(H,20,21)/t11-/m1/s1. The van der Waals surface area contributed by atoms with Crippen molar-refractivity contribution in [3.05, 3.63) is 44.9 Å². The first-order valence-electron chi connectivity index (χ1n) is 8.01. The molecule has 6 heteroatoms. The van der Waals surface area contributed by atoms with Crippen LogP contribution in [0.2, 0.25) is 0 Å². The van der Waals surface area contributed by atoms with E-state index in [9.17, 15) is 9.59 Å². The van der Waals surface area contributed by atoms with Crippen molar-refractivity contribution in [2.24, 2.45) is 0 Å². The Morgan fingerprint density at radius 1 is 1.25 bits per heavy atom. The fraction of sp³-hybridized carbons (Fsp3) is 0.389. The number of carbonyl (C=O) groups excluding carboxylic acids is 2. The number of aromatic nitrogens is 1. The zero-order valence-corrected chi connectivity index (χ0v) is 14.8. The van der Waals surface area contributed by atoms with Gasteiger partial charge in [0.05, 0.1) is 10.7 Å². The molecule has 5 nitrogen and oxygen atoms in total. The Morgan fingerprint density at radius 2 is 2.00 bits per heavy atom. The Labute approximate surface area is 145 Å². The van der Waals surface area contributed by atoms with Gasteiger partial charge in [-0.05, 0) is 63.3 Å². The highest BCUT2D eigenvalue weighted by Crippen LogP contribution is 2.25. The topological polar surface area (TPSA) is 68.3 Å². The lowest BCUT2D eigenvalue weighted by molar-refractivity contribution is -0.123. The maximum absolute atomic E-state index is 12.3. The second-order valence-electron chi connectivity index (χ2n) is 6.02. The molecule has 1 aliphatic rings. The van der Waals surface area contributed by atoms with E-state index < -0.39 is 12.1 Å². The zero-order chi connectivity index (χ0) is 17.3. The number of rotatable bonds is 4. The van der Waals surface area contributed by atoms with Crippen LogP contribution in [-0.2, 0) is 22.4 Å². The average Bonchev–Trinajstić information content (AvgIpc) is 3.12. The van der Waals surface area contributed by atoms with Gasteiger partial charge < -0.3 is 10.1 Å². The molecule has 1 aromatic heterocycles. The number of esters is 1. The molecule has 0 unspecified atom stereocenters. The molecule has 0 aliphatic heterocycles. The van der Waals surface area contributed by atoms with Crippen molar-refractivity contribution in [2.75, 3.05) is 5.32 Å². The van der Waals surface area contributed by atoms with E-state index in [4.69, 9.17) is 4.74 Å². The molecule has 1 aromatic carbocycles. The van der Waals surface area contributed by atoms with Gasteiger partial charge in [-0.25, -0.2) is 9.78 Å². The number of hydrogen-bond donors (Lipinski definition) is 1. The van der Waals surface area contributed by atoms with Gasteiger partial charge in [0.25, 0.3) is 5.91 Å². The third-order valence-corrected chi connectivity index (χ3v) is 5.16. The number of hydrogen-bond acceptors (Lipinski definition) is 5. The number of nitrogens with zero attached hydrogens (tertiary/aromatic N) is 1. The Balaban J connectivity index is 1.62. The molecule has 1 amide bonds. The summed E-state index contributed by atoms with van der Waals surface area (Å²) in [6.07, 6.45) is 2.44. The van der Waals surface area contributed by atoms with Gasteiger partial charge in [0.15, 0.2) is 6.10 Å². The third-order valence-electron chi connectivity index (χ3n) is 4.11. The van der Waals surface area contributed by atoms with Crippen molar-refractivity contribution in [1.29, 1.82) is 0 Å². The largest absolute Gasteiger partial charge is 0.448 e. The average molecular weight is 344 g/mol. The number of benzene rings is 1. The van der Waals surface area contributed by atoms with Crippen LogP contribution in [0.25, 0.3) is 0 Å². The van der Waals surface area contributed by atoms with Gasteiger partial charge in [0.1, 0.15) is 4.88 Å². The molecule has 0 radical (unpaired) electrons. The van der Waals surface area contributed by atoms with E-state index in [1.165, 1.54) is 22.5 Å². The summed E-state index contributed by atoms with van der Waals surface area (Å²) in [6, 6.07) is 5.96. The molecule has 3 rings (SSSR count).